The molecule has 1 N–H and O–H groups in total. The van der Waals surface area contributed by atoms with Gasteiger partial charge >= 0.3 is 0 Å². The zero-order chi connectivity index (χ0) is 14.2. The molecule has 0 amide bonds. The fraction of sp³-hybridized carbons (Fsp3) is 0.733. The van der Waals surface area contributed by atoms with Crippen LogP contribution in [0.25, 0.3) is 0 Å². The molecule has 0 saturated carbocycles. The summed E-state index contributed by atoms with van der Waals surface area (Å²) in [4.78, 5) is 11.4. The Labute approximate surface area is 121 Å². The summed E-state index contributed by atoms with van der Waals surface area (Å²) in [7, 11) is 2.00. The Hall–Kier alpha value is -1.36. The minimum absolute atomic E-state index is 0.539. The van der Waals surface area contributed by atoms with Crippen molar-refractivity contribution >= 4 is 5.95 Å². The Bertz CT molecular complexity index is 399. The molecule has 1 fully saturated rings. The summed E-state index contributed by atoms with van der Waals surface area (Å²) in [5, 5.41) is 3.23. The van der Waals surface area contributed by atoms with Crippen molar-refractivity contribution in [2.24, 2.45) is 0 Å². The van der Waals surface area contributed by atoms with E-state index in [1.807, 2.05) is 13.1 Å². The molecule has 1 aromatic rings. The molecule has 1 atom stereocenters. The van der Waals surface area contributed by atoms with Gasteiger partial charge in [0.2, 0.25) is 11.8 Å². The second-order valence-corrected chi connectivity index (χ2v) is 5.28. The minimum atomic E-state index is 0.539. The predicted octanol–water partition coefficient (Wildman–Crippen LogP) is 2.23. The van der Waals surface area contributed by atoms with Crippen LogP contribution in [0.1, 0.15) is 39.0 Å². The van der Waals surface area contributed by atoms with Gasteiger partial charge < -0.3 is 15.0 Å². The Morgan fingerprint density at radius 3 is 3.15 bits per heavy atom. The van der Waals surface area contributed by atoms with Gasteiger partial charge in [-0.25, -0.2) is 4.98 Å². The van der Waals surface area contributed by atoms with Crippen molar-refractivity contribution in [1.29, 1.82) is 0 Å². The highest BCUT2D eigenvalue weighted by Gasteiger charge is 2.24. The Morgan fingerprint density at radius 1 is 1.45 bits per heavy atom. The molecule has 20 heavy (non-hydrogen) atoms. The maximum absolute atomic E-state index is 5.61. The monoisotopic (exact) mass is 278 g/mol. The van der Waals surface area contributed by atoms with Crippen molar-refractivity contribution in [1.82, 2.24) is 15.3 Å². The molecule has 0 bridgehead atoms. The molecule has 1 unspecified atom stereocenters. The highest BCUT2D eigenvalue weighted by molar-refractivity contribution is 5.34. The lowest BCUT2D eigenvalue weighted by molar-refractivity contribution is 0.304. The Morgan fingerprint density at radius 2 is 2.35 bits per heavy atom. The highest BCUT2D eigenvalue weighted by atomic mass is 16.5. The van der Waals surface area contributed by atoms with E-state index in [1.165, 1.54) is 19.3 Å². The third-order valence-corrected chi connectivity index (χ3v) is 3.68. The zero-order valence-electron chi connectivity index (χ0n) is 12.6. The molecule has 1 aliphatic heterocycles. The van der Waals surface area contributed by atoms with Crippen LogP contribution in [-0.4, -0.2) is 42.8 Å². The van der Waals surface area contributed by atoms with Crippen LogP contribution in [0, 0.1) is 0 Å². The summed E-state index contributed by atoms with van der Waals surface area (Å²) < 4.78 is 5.61. The van der Waals surface area contributed by atoms with E-state index >= 15 is 0 Å². The van der Waals surface area contributed by atoms with Gasteiger partial charge in [-0.3, -0.25) is 0 Å². The van der Waals surface area contributed by atoms with Gasteiger partial charge in [0.25, 0.3) is 0 Å². The summed E-state index contributed by atoms with van der Waals surface area (Å²) in [5.41, 5.74) is 0. The number of rotatable bonds is 7. The topological polar surface area (TPSA) is 50.3 Å². The number of ether oxygens (including phenoxy) is 1. The van der Waals surface area contributed by atoms with E-state index in [0.29, 0.717) is 18.5 Å². The molecular weight excluding hydrogens is 252 g/mol. The van der Waals surface area contributed by atoms with Gasteiger partial charge in [0.05, 0.1) is 6.61 Å². The van der Waals surface area contributed by atoms with Crippen molar-refractivity contribution in [2.75, 3.05) is 31.6 Å². The first-order chi connectivity index (χ1) is 9.85. The lowest BCUT2D eigenvalue weighted by Crippen LogP contribution is -2.42. The van der Waals surface area contributed by atoms with Gasteiger partial charge in [-0.15, -0.1) is 0 Å². The third-order valence-electron chi connectivity index (χ3n) is 3.68. The highest BCUT2D eigenvalue weighted by Crippen LogP contribution is 2.24. The summed E-state index contributed by atoms with van der Waals surface area (Å²) in [6, 6.07) is 2.38. The van der Waals surface area contributed by atoms with Gasteiger partial charge in [-0.1, -0.05) is 6.92 Å². The summed E-state index contributed by atoms with van der Waals surface area (Å²) in [5.74, 6) is 1.51. The van der Waals surface area contributed by atoms with Crippen LogP contribution in [0.5, 0.6) is 5.88 Å². The quantitative estimate of drug-likeness (QED) is 0.829. The number of hydrogen-bond acceptors (Lipinski definition) is 5. The third kappa shape index (κ3) is 4.07. The second kappa shape index (κ2) is 8.04. The van der Waals surface area contributed by atoms with Gasteiger partial charge in [0.15, 0.2) is 0 Å². The Balaban J connectivity index is 2.06. The van der Waals surface area contributed by atoms with Crippen LogP contribution in [-0.2, 0) is 0 Å². The van der Waals surface area contributed by atoms with Crippen molar-refractivity contribution in [3.8, 4) is 5.88 Å². The smallest absolute Gasteiger partial charge is 0.228 e. The molecule has 5 heteroatoms. The number of piperidine rings is 1. The van der Waals surface area contributed by atoms with Crippen LogP contribution in [0.15, 0.2) is 12.3 Å². The number of nitrogens with one attached hydrogen (secondary N) is 1. The summed E-state index contributed by atoms with van der Waals surface area (Å²) in [6.07, 6.45) is 7.69. The number of hydrogen-bond donors (Lipinski definition) is 1. The van der Waals surface area contributed by atoms with E-state index in [0.717, 1.165) is 31.9 Å². The van der Waals surface area contributed by atoms with Crippen molar-refractivity contribution < 1.29 is 4.74 Å². The van der Waals surface area contributed by atoms with E-state index in [4.69, 9.17) is 4.74 Å². The van der Waals surface area contributed by atoms with Crippen molar-refractivity contribution in [3.05, 3.63) is 12.3 Å². The predicted molar refractivity (Wildman–Crippen MR) is 81.3 cm³/mol. The van der Waals surface area contributed by atoms with Crippen molar-refractivity contribution in [3.63, 3.8) is 0 Å². The largest absolute Gasteiger partial charge is 0.478 e. The molecule has 2 rings (SSSR count). The average molecular weight is 278 g/mol. The van der Waals surface area contributed by atoms with E-state index in [1.54, 1.807) is 6.20 Å². The number of nitrogens with zero attached hydrogens (tertiary/aromatic N) is 3. The van der Waals surface area contributed by atoms with Crippen LogP contribution >= 0.6 is 0 Å². The van der Waals surface area contributed by atoms with Crippen molar-refractivity contribution in [2.45, 2.75) is 45.1 Å². The second-order valence-electron chi connectivity index (χ2n) is 5.28. The summed E-state index contributed by atoms with van der Waals surface area (Å²) >= 11 is 0. The summed E-state index contributed by atoms with van der Waals surface area (Å²) in [6.45, 7) is 4.89. The van der Waals surface area contributed by atoms with Gasteiger partial charge in [0.1, 0.15) is 0 Å². The first-order valence-corrected chi connectivity index (χ1v) is 7.72. The molecule has 1 aromatic heterocycles. The van der Waals surface area contributed by atoms with Crippen LogP contribution in [0.2, 0.25) is 0 Å². The minimum Gasteiger partial charge on any atom is -0.478 e. The standard InChI is InChI=1S/C15H26N4O/c1-3-12-20-14-8-10-17-15(18-14)19-11-5-4-6-13(19)7-9-16-2/h8,10,13,16H,3-7,9,11-12H2,1-2H3. The Kier molecular flexibility index (Phi) is 6.05. The first-order valence-electron chi connectivity index (χ1n) is 7.72. The maximum Gasteiger partial charge on any atom is 0.228 e. The lowest BCUT2D eigenvalue weighted by Gasteiger charge is -2.35. The number of anilines is 1. The van der Waals surface area contributed by atoms with Gasteiger partial charge in [-0.2, -0.15) is 4.98 Å². The first kappa shape index (κ1) is 15.0. The van der Waals surface area contributed by atoms with Crippen LogP contribution in [0.3, 0.4) is 0 Å². The fourth-order valence-electron chi connectivity index (χ4n) is 2.63. The molecule has 1 saturated heterocycles. The molecule has 5 nitrogen and oxygen atoms in total. The van der Waals surface area contributed by atoms with E-state index in [-0.39, 0.29) is 0 Å². The molecular formula is C15H26N4O. The van der Waals surface area contributed by atoms with Gasteiger partial charge in [0, 0.05) is 24.8 Å². The lowest BCUT2D eigenvalue weighted by atomic mass is 10.00. The molecule has 112 valence electrons. The van der Waals surface area contributed by atoms with E-state index in [9.17, 15) is 0 Å². The molecule has 0 radical (unpaired) electrons. The molecule has 1 aliphatic rings. The molecule has 0 aromatic carbocycles. The molecule has 0 spiro atoms. The van der Waals surface area contributed by atoms with Crippen LogP contribution in [0.4, 0.5) is 5.95 Å². The average Bonchev–Trinajstić information content (AvgIpc) is 2.51. The zero-order valence-corrected chi connectivity index (χ0v) is 12.6. The van der Waals surface area contributed by atoms with E-state index in [2.05, 4.69) is 27.1 Å². The van der Waals surface area contributed by atoms with Gasteiger partial charge in [-0.05, 0) is 45.7 Å². The maximum atomic E-state index is 5.61. The normalized spacial score (nSPS) is 19.1. The fourth-order valence-corrected chi connectivity index (χ4v) is 2.63. The van der Waals surface area contributed by atoms with Crippen LogP contribution < -0.4 is 15.0 Å². The SMILES string of the molecule is CCCOc1ccnc(N2CCCCC2CCNC)n1. The molecule has 2 heterocycles. The molecule has 0 aliphatic carbocycles. The number of aromatic nitrogens is 2. The van der Waals surface area contributed by atoms with E-state index < -0.39 is 0 Å².